The van der Waals surface area contributed by atoms with Crippen LogP contribution in [0, 0.1) is 5.92 Å². The van der Waals surface area contributed by atoms with E-state index in [2.05, 4.69) is 15.6 Å². The van der Waals surface area contributed by atoms with Gasteiger partial charge in [-0.1, -0.05) is 18.2 Å². The number of hydrogen-bond acceptors (Lipinski definition) is 4. The van der Waals surface area contributed by atoms with Crippen LogP contribution in [0.2, 0.25) is 0 Å². The van der Waals surface area contributed by atoms with Crippen LogP contribution in [0.5, 0.6) is 0 Å². The van der Waals surface area contributed by atoms with Crippen molar-refractivity contribution in [2.24, 2.45) is 5.92 Å². The first-order valence-electron chi connectivity index (χ1n) is 7.05. The fourth-order valence-electron chi connectivity index (χ4n) is 2.22. The summed E-state index contributed by atoms with van der Waals surface area (Å²) in [5, 5.41) is 14.7. The van der Waals surface area contributed by atoms with Crippen molar-refractivity contribution in [1.82, 2.24) is 15.6 Å². The van der Waals surface area contributed by atoms with Crippen molar-refractivity contribution in [3.8, 4) is 0 Å². The van der Waals surface area contributed by atoms with Gasteiger partial charge < -0.3 is 20.6 Å². The third kappa shape index (κ3) is 4.46. The van der Waals surface area contributed by atoms with E-state index in [4.69, 9.17) is 5.11 Å². The van der Waals surface area contributed by atoms with E-state index in [0.29, 0.717) is 6.54 Å². The topological polar surface area (TPSA) is 77.5 Å². The Bertz CT molecular complexity index is 516. The SMILES string of the molecule is CN(C)c1cccc(CNC(=O)N[C@@H]2C=C[C@H](CO)C2)n1. The first-order valence-corrected chi connectivity index (χ1v) is 7.05. The van der Waals surface area contributed by atoms with Crippen molar-refractivity contribution in [2.75, 3.05) is 25.6 Å². The van der Waals surface area contributed by atoms with E-state index < -0.39 is 0 Å². The Morgan fingerprint density at radius 3 is 2.90 bits per heavy atom. The number of pyridine rings is 1. The number of anilines is 1. The van der Waals surface area contributed by atoms with Crippen LogP contribution in [0.15, 0.2) is 30.4 Å². The molecule has 0 spiro atoms. The summed E-state index contributed by atoms with van der Waals surface area (Å²) in [6.07, 6.45) is 4.61. The van der Waals surface area contributed by atoms with Crippen LogP contribution in [0.1, 0.15) is 12.1 Å². The number of carbonyl (C=O) groups excluding carboxylic acids is 1. The average Bonchev–Trinajstić information content (AvgIpc) is 2.93. The molecule has 1 aliphatic carbocycles. The summed E-state index contributed by atoms with van der Waals surface area (Å²) in [5.41, 5.74) is 0.812. The number of nitrogens with zero attached hydrogens (tertiary/aromatic N) is 2. The number of urea groups is 1. The number of aromatic nitrogens is 1. The molecular formula is C15H22N4O2. The fourth-order valence-corrected chi connectivity index (χ4v) is 2.22. The van der Waals surface area contributed by atoms with Crippen molar-refractivity contribution in [1.29, 1.82) is 0 Å². The number of rotatable bonds is 5. The quantitative estimate of drug-likeness (QED) is 0.704. The number of nitrogens with one attached hydrogen (secondary N) is 2. The van der Waals surface area contributed by atoms with Gasteiger partial charge in [-0.2, -0.15) is 0 Å². The molecule has 1 aromatic heterocycles. The maximum absolute atomic E-state index is 11.8. The molecule has 6 heteroatoms. The predicted molar refractivity (Wildman–Crippen MR) is 82.1 cm³/mol. The first-order chi connectivity index (χ1) is 10.1. The van der Waals surface area contributed by atoms with Gasteiger partial charge in [-0.15, -0.1) is 0 Å². The molecule has 0 saturated heterocycles. The van der Waals surface area contributed by atoms with Crippen molar-refractivity contribution >= 4 is 11.8 Å². The van der Waals surface area contributed by atoms with E-state index >= 15 is 0 Å². The third-order valence-electron chi connectivity index (χ3n) is 3.40. The summed E-state index contributed by atoms with van der Waals surface area (Å²) < 4.78 is 0. The minimum atomic E-state index is -0.222. The van der Waals surface area contributed by atoms with Gasteiger partial charge in [0.25, 0.3) is 0 Å². The van der Waals surface area contributed by atoms with Crippen molar-refractivity contribution in [3.63, 3.8) is 0 Å². The van der Waals surface area contributed by atoms with Crippen molar-refractivity contribution in [3.05, 3.63) is 36.0 Å². The maximum Gasteiger partial charge on any atom is 0.315 e. The molecule has 0 aromatic carbocycles. The minimum absolute atomic E-state index is 0.0109. The molecule has 2 amide bonds. The molecule has 21 heavy (non-hydrogen) atoms. The fraction of sp³-hybridized carbons (Fsp3) is 0.467. The van der Waals surface area contributed by atoms with E-state index in [9.17, 15) is 4.79 Å². The monoisotopic (exact) mass is 290 g/mol. The van der Waals surface area contributed by atoms with Crippen LogP contribution in [0.4, 0.5) is 10.6 Å². The molecule has 1 aromatic rings. The van der Waals surface area contributed by atoms with Gasteiger partial charge in [0.15, 0.2) is 0 Å². The average molecular weight is 290 g/mol. The zero-order valence-electron chi connectivity index (χ0n) is 12.4. The van der Waals surface area contributed by atoms with E-state index in [1.54, 1.807) is 0 Å². The maximum atomic E-state index is 11.8. The Labute approximate surface area is 124 Å². The number of aliphatic hydroxyl groups is 1. The Morgan fingerprint density at radius 2 is 2.24 bits per heavy atom. The molecule has 0 bridgehead atoms. The number of carbonyl (C=O) groups is 1. The van der Waals surface area contributed by atoms with Gasteiger partial charge >= 0.3 is 6.03 Å². The lowest BCUT2D eigenvalue weighted by Crippen LogP contribution is -2.40. The molecule has 114 valence electrons. The van der Waals surface area contributed by atoms with Gasteiger partial charge in [-0.3, -0.25) is 0 Å². The van der Waals surface area contributed by atoms with Crippen LogP contribution in [0.3, 0.4) is 0 Å². The molecule has 3 N–H and O–H groups in total. The van der Waals surface area contributed by atoms with Crippen LogP contribution in [-0.4, -0.2) is 42.9 Å². The Balaban J connectivity index is 1.79. The lowest BCUT2D eigenvalue weighted by atomic mass is 10.1. The Hall–Kier alpha value is -2.08. The molecule has 2 atom stereocenters. The van der Waals surface area contributed by atoms with Crippen molar-refractivity contribution in [2.45, 2.75) is 19.0 Å². The van der Waals surface area contributed by atoms with Gasteiger partial charge in [-0.25, -0.2) is 9.78 Å². The molecule has 6 nitrogen and oxygen atoms in total. The van der Waals surface area contributed by atoms with Gasteiger partial charge in [0, 0.05) is 32.7 Å². The predicted octanol–water partition coefficient (Wildman–Crippen LogP) is 0.884. The molecule has 2 rings (SSSR count). The van der Waals surface area contributed by atoms with Crippen molar-refractivity contribution < 1.29 is 9.90 Å². The number of amides is 2. The van der Waals surface area contributed by atoms with E-state index in [-0.39, 0.29) is 24.6 Å². The van der Waals surface area contributed by atoms with Crippen LogP contribution in [0.25, 0.3) is 0 Å². The largest absolute Gasteiger partial charge is 0.396 e. The second-order valence-electron chi connectivity index (χ2n) is 5.38. The van der Waals surface area contributed by atoms with E-state index in [0.717, 1.165) is 17.9 Å². The summed E-state index contributed by atoms with van der Waals surface area (Å²) in [6, 6.07) is 5.48. The zero-order chi connectivity index (χ0) is 15.2. The lowest BCUT2D eigenvalue weighted by Gasteiger charge is -2.15. The van der Waals surface area contributed by atoms with E-state index in [1.807, 2.05) is 49.3 Å². The summed E-state index contributed by atoms with van der Waals surface area (Å²) in [7, 11) is 3.85. The minimum Gasteiger partial charge on any atom is -0.396 e. The normalized spacial score (nSPS) is 20.3. The summed E-state index contributed by atoms with van der Waals surface area (Å²) >= 11 is 0. The molecule has 0 aliphatic heterocycles. The Kier molecular flexibility index (Phi) is 5.16. The van der Waals surface area contributed by atoms with Gasteiger partial charge in [0.05, 0.1) is 12.2 Å². The first kappa shape index (κ1) is 15.3. The highest BCUT2D eigenvalue weighted by molar-refractivity contribution is 5.74. The summed E-state index contributed by atoms with van der Waals surface area (Å²) in [5.74, 6) is 1.01. The highest BCUT2D eigenvalue weighted by Gasteiger charge is 2.19. The van der Waals surface area contributed by atoms with Crippen LogP contribution < -0.4 is 15.5 Å². The molecule has 0 radical (unpaired) electrons. The molecule has 1 aliphatic rings. The third-order valence-corrected chi connectivity index (χ3v) is 3.40. The van der Waals surface area contributed by atoms with Crippen LogP contribution in [-0.2, 0) is 6.54 Å². The molecule has 0 unspecified atom stereocenters. The molecule has 0 fully saturated rings. The Morgan fingerprint density at radius 1 is 1.43 bits per heavy atom. The highest BCUT2D eigenvalue weighted by Crippen LogP contribution is 2.16. The second-order valence-corrected chi connectivity index (χ2v) is 5.38. The second kappa shape index (κ2) is 7.08. The van der Waals surface area contributed by atoms with Gasteiger partial charge in [0.2, 0.25) is 0 Å². The standard InChI is InChI=1S/C15H22N4O2/c1-19(2)14-5-3-4-13(17-14)9-16-15(21)18-12-7-6-11(8-12)10-20/h3-7,11-12,20H,8-10H2,1-2H3,(H2,16,18,21)/t11-,12+/m0/s1. The highest BCUT2D eigenvalue weighted by atomic mass is 16.3. The molecule has 1 heterocycles. The number of aliphatic hydroxyl groups excluding tert-OH is 1. The smallest absolute Gasteiger partial charge is 0.315 e. The molecule has 0 saturated carbocycles. The van der Waals surface area contributed by atoms with E-state index in [1.165, 1.54) is 0 Å². The summed E-state index contributed by atoms with van der Waals surface area (Å²) in [4.78, 5) is 18.2. The zero-order valence-corrected chi connectivity index (χ0v) is 12.4. The number of hydrogen-bond donors (Lipinski definition) is 3. The summed E-state index contributed by atoms with van der Waals surface area (Å²) in [6.45, 7) is 0.505. The van der Waals surface area contributed by atoms with Gasteiger partial charge in [0.1, 0.15) is 5.82 Å². The molecular weight excluding hydrogens is 268 g/mol. The van der Waals surface area contributed by atoms with Gasteiger partial charge in [-0.05, 0) is 18.6 Å². The van der Waals surface area contributed by atoms with Crippen LogP contribution >= 0.6 is 0 Å². The lowest BCUT2D eigenvalue weighted by molar-refractivity contribution is 0.231.